The molecule has 0 amide bonds. The summed E-state index contributed by atoms with van der Waals surface area (Å²) in [7, 11) is -1.13. The molecule has 3 radical (unpaired) electrons. The van der Waals surface area contributed by atoms with Crippen molar-refractivity contribution in [3.8, 4) is 0 Å². The SMILES string of the molecule is C.CCCCCC(=O)c1ncc(/C=C/[C@@H](C)[C@H](CCCC(=O)OC)O[Si](C)(C)C(C)(C)C)c2ccccc12.CCCCCC(O)c1ncc(/C=C/[C@@H](C)[C@H](CCCC(=O)OC)O[Si](C)(C)C(C)(C)C)c2ccccc12.[B].[H-].[Na+]. The minimum Gasteiger partial charge on any atom is -1.00 e. The van der Waals surface area contributed by atoms with Gasteiger partial charge in [-0.15, -0.1) is 0 Å². The van der Waals surface area contributed by atoms with Gasteiger partial charge in [-0.25, -0.2) is 0 Å². The monoisotopic (exact) mass is 1100 g/mol. The molecule has 4 rings (SSSR count). The minimum atomic E-state index is -2.00. The molecule has 0 bridgehead atoms. The number of aliphatic hydroxyl groups is 1. The maximum Gasteiger partial charge on any atom is 1.00 e. The van der Waals surface area contributed by atoms with Gasteiger partial charge in [-0.3, -0.25) is 24.4 Å². The maximum absolute atomic E-state index is 12.9. The number of fused-ring (bicyclic) bond motifs is 2. The molecule has 1 unspecified atom stereocenters. The van der Waals surface area contributed by atoms with Crippen molar-refractivity contribution in [2.24, 2.45) is 11.8 Å². The van der Waals surface area contributed by atoms with E-state index in [0.717, 1.165) is 109 Å². The zero-order valence-corrected chi connectivity index (χ0v) is 54.1. The first kappa shape index (κ1) is 73.7. The van der Waals surface area contributed by atoms with Crippen LogP contribution in [0.4, 0.5) is 0 Å². The average molecular weight is 1100 g/mol. The Bertz CT molecular complexity index is 2460. The Morgan fingerprint density at radius 1 is 0.610 bits per heavy atom. The average Bonchev–Trinajstić information content (AvgIpc) is 3.35. The molecule has 2 aromatic carbocycles. The van der Waals surface area contributed by atoms with Crippen molar-refractivity contribution in [2.75, 3.05) is 14.2 Å². The summed E-state index contributed by atoms with van der Waals surface area (Å²) in [4.78, 5) is 45.6. The summed E-state index contributed by atoms with van der Waals surface area (Å²) < 4.78 is 23.3. The predicted molar refractivity (Wildman–Crippen MR) is 327 cm³/mol. The number of ether oxygens (including phenoxy) is 2. The third-order valence-corrected chi connectivity index (χ3v) is 24.4. The van der Waals surface area contributed by atoms with Crippen molar-refractivity contribution < 1.29 is 68.8 Å². The summed E-state index contributed by atoms with van der Waals surface area (Å²) in [6.07, 6.45) is 23.2. The molecule has 1 N–H and O–H groups in total. The van der Waals surface area contributed by atoms with Crippen LogP contribution in [0.2, 0.25) is 36.3 Å². The number of methoxy groups -OCH3 is 2. The van der Waals surface area contributed by atoms with E-state index < -0.39 is 22.7 Å². The third kappa shape index (κ3) is 23.4. The van der Waals surface area contributed by atoms with Gasteiger partial charge in [0.1, 0.15) is 5.69 Å². The van der Waals surface area contributed by atoms with E-state index in [-0.39, 0.29) is 98.7 Å². The van der Waals surface area contributed by atoms with Crippen molar-refractivity contribution in [1.29, 1.82) is 0 Å². The minimum absolute atomic E-state index is 0. The second-order valence-electron chi connectivity index (χ2n) is 23.4. The molecule has 2 aromatic heterocycles. The number of pyridine rings is 2. The number of aromatic nitrogens is 2. The van der Waals surface area contributed by atoms with E-state index in [1.54, 1.807) is 0 Å². The first-order valence-electron chi connectivity index (χ1n) is 27.6. The van der Waals surface area contributed by atoms with Crippen LogP contribution >= 0.6 is 0 Å². The maximum atomic E-state index is 12.9. The number of unbranched alkanes of at least 4 members (excludes halogenated alkanes) is 4. The van der Waals surface area contributed by atoms with Crippen molar-refractivity contribution >= 4 is 76.5 Å². The zero-order chi connectivity index (χ0) is 55.3. The molecule has 14 heteroatoms. The molecular weight excluding hydrogens is 1000 g/mol. The van der Waals surface area contributed by atoms with Crippen molar-refractivity contribution in [1.82, 2.24) is 9.97 Å². The van der Waals surface area contributed by atoms with E-state index in [1.807, 2.05) is 42.7 Å². The van der Waals surface area contributed by atoms with Crippen molar-refractivity contribution in [3.05, 3.63) is 95.6 Å². The molecule has 2 heterocycles. The number of carbonyl (C=O) groups is 3. The van der Waals surface area contributed by atoms with Gasteiger partial charge in [0.15, 0.2) is 22.4 Å². The van der Waals surface area contributed by atoms with Gasteiger partial charge >= 0.3 is 41.5 Å². The summed E-state index contributed by atoms with van der Waals surface area (Å²) in [5, 5.41) is 15.1. The summed E-state index contributed by atoms with van der Waals surface area (Å²) in [6, 6.07) is 16.2. The van der Waals surface area contributed by atoms with Crippen LogP contribution in [0.1, 0.15) is 201 Å². The smallest absolute Gasteiger partial charge is 1.00 e. The van der Waals surface area contributed by atoms with E-state index in [9.17, 15) is 19.5 Å². The third-order valence-electron chi connectivity index (χ3n) is 15.4. The number of aliphatic hydroxyl groups excluding tert-OH is 1. The number of Topliss-reactive ketones (excluding diaryl/α,β-unsaturated/α-hetero) is 1. The van der Waals surface area contributed by atoms with Gasteiger partial charge in [0.25, 0.3) is 0 Å². The molecule has 0 aliphatic carbocycles. The fourth-order valence-electron chi connectivity index (χ4n) is 8.41. The summed E-state index contributed by atoms with van der Waals surface area (Å²) in [6.45, 7) is 31.2. The summed E-state index contributed by atoms with van der Waals surface area (Å²) >= 11 is 0. The molecule has 0 aliphatic heterocycles. The number of hydrogen-bond donors (Lipinski definition) is 1. The quantitative estimate of drug-likeness (QED) is 0.0254. The normalized spacial score (nSPS) is 14.1. The van der Waals surface area contributed by atoms with Gasteiger partial charge in [-0.1, -0.05) is 182 Å². The fraction of sp³-hybridized carbons (Fsp3) is 0.603. The second kappa shape index (κ2) is 35.5. The summed E-state index contributed by atoms with van der Waals surface area (Å²) in [5.74, 6) is 0.0488. The molecule has 4 aromatic rings. The molecule has 423 valence electrons. The van der Waals surface area contributed by atoms with E-state index in [4.69, 9.17) is 23.3 Å². The Hall–Kier alpha value is -3.27. The van der Waals surface area contributed by atoms with E-state index in [1.165, 1.54) is 14.2 Å². The van der Waals surface area contributed by atoms with Gasteiger partial charge in [0, 0.05) is 62.0 Å². The largest absolute Gasteiger partial charge is 1.00 e. The predicted octanol–water partition coefficient (Wildman–Crippen LogP) is 14.0. The van der Waals surface area contributed by atoms with Gasteiger partial charge < -0.3 is 24.9 Å². The molecular formula is C63H101BN2NaO8Si2. The first-order chi connectivity index (χ1) is 34.8. The van der Waals surface area contributed by atoms with Crippen molar-refractivity contribution in [2.45, 2.75) is 221 Å². The molecule has 0 saturated heterocycles. The molecule has 0 saturated carbocycles. The number of rotatable bonds is 28. The fourth-order valence-corrected chi connectivity index (χ4v) is 11.3. The Balaban J connectivity index is 0. The number of ketones is 1. The van der Waals surface area contributed by atoms with Crippen molar-refractivity contribution in [3.63, 3.8) is 0 Å². The van der Waals surface area contributed by atoms with Gasteiger partial charge in [0.05, 0.1) is 38.2 Å². The van der Waals surface area contributed by atoms with Crippen LogP contribution in [-0.4, -0.2) is 84.3 Å². The zero-order valence-electron chi connectivity index (χ0n) is 51.1. The number of esters is 2. The Labute approximate surface area is 494 Å². The Kier molecular flexibility index (Phi) is 34.0. The number of carbonyl (C=O) groups excluding carboxylic acids is 3. The van der Waals surface area contributed by atoms with Crippen LogP contribution in [0.25, 0.3) is 33.7 Å². The molecule has 10 nitrogen and oxygen atoms in total. The van der Waals surface area contributed by atoms with Crippen LogP contribution in [0.15, 0.2) is 73.1 Å². The van der Waals surface area contributed by atoms with Crippen LogP contribution in [-0.2, 0) is 27.9 Å². The summed E-state index contributed by atoms with van der Waals surface area (Å²) in [5.41, 5.74) is 3.36. The Morgan fingerprint density at radius 3 is 1.44 bits per heavy atom. The first-order valence-corrected chi connectivity index (χ1v) is 33.5. The van der Waals surface area contributed by atoms with E-state index >= 15 is 0 Å². The van der Waals surface area contributed by atoms with E-state index in [2.05, 4.69) is 143 Å². The van der Waals surface area contributed by atoms with E-state index in [0.29, 0.717) is 25.0 Å². The van der Waals surface area contributed by atoms with Crippen LogP contribution in [0.5, 0.6) is 0 Å². The van der Waals surface area contributed by atoms with Crippen LogP contribution in [0, 0.1) is 11.8 Å². The second-order valence-corrected chi connectivity index (χ2v) is 32.9. The topological polar surface area (TPSA) is 134 Å². The van der Waals surface area contributed by atoms with Crippen LogP contribution < -0.4 is 29.6 Å². The Morgan fingerprint density at radius 2 is 1.01 bits per heavy atom. The number of benzene rings is 2. The standard InChI is InChI=1S/C31H49NO4Si.C31H47NO4Si.CH4.B.Na.H/c2*1-9-10-11-17-27(33)30-26-16-13-12-15-25(26)24(22-32-30)21-20-23(2)28(18-14-19-29(34)35-6)36-37(7,8)31(3,4)5;;;;/h12-13,15-16,20-23,27-28,33H,9-11,14,17-19H2,1-8H3;12-13,15-16,20-23,28H,9-11,14,17-19H2,1-8H3;1H4;;;/q;;;;+1;-1/b2*21-20+;;;;/t23-,27?,28+;23-,28+;;;;/m11..../s1. The van der Waals surface area contributed by atoms with Gasteiger partial charge in [-0.05, 0) is 97.4 Å². The molecule has 77 heavy (non-hydrogen) atoms. The molecule has 0 spiro atoms. The molecule has 0 fully saturated rings. The van der Waals surface area contributed by atoms with Gasteiger partial charge in [0.2, 0.25) is 0 Å². The number of hydrogen-bond acceptors (Lipinski definition) is 10. The van der Waals surface area contributed by atoms with Gasteiger partial charge in [-0.2, -0.15) is 0 Å². The molecule has 5 atom stereocenters. The van der Waals surface area contributed by atoms with Crippen LogP contribution in [0.3, 0.4) is 0 Å². The number of nitrogens with zero attached hydrogens (tertiary/aromatic N) is 2. The molecule has 0 aliphatic rings.